The zero-order valence-electron chi connectivity index (χ0n) is 11.0. The second-order valence-electron chi connectivity index (χ2n) is 4.68. The third-order valence-corrected chi connectivity index (χ3v) is 3.83. The topological polar surface area (TPSA) is 4.93 Å². The summed E-state index contributed by atoms with van der Waals surface area (Å²) in [5.74, 6) is -0.219. The van der Waals surface area contributed by atoms with Gasteiger partial charge in [0, 0.05) is 15.9 Å². The Morgan fingerprint density at radius 1 is 0.850 bits per heavy atom. The number of benzene rings is 2. The van der Waals surface area contributed by atoms with E-state index in [2.05, 4.69) is 44.8 Å². The van der Waals surface area contributed by atoms with Gasteiger partial charge in [-0.2, -0.15) is 0 Å². The molecule has 0 radical (unpaired) electrons. The first-order valence-corrected chi connectivity index (χ1v) is 7.15. The molecule has 0 bridgehead atoms. The van der Waals surface area contributed by atoms with Gasteiger partial charge in [-0.15, -0.1) is 0 Å². The number of hydrogen-bond acceptors (Lipinski definition) is 0. The van der Waals surface area contributed by atoms with Crippen LogP contribution in [-0.2, 0) is 0 Å². The van der Waals surface area contributed by atoms with Gasteiger partial charge in [-0.25, -0.2) is 4.39 Å². The van der Waals surface area contributed by atoms with E-state index >= 15 is 0 Å². The Hall–Kier alpha value is -1.87. The van der Waals surface area contributed by atoms with Crippen LogP contribution in [0, 0.1) is 12.7 Å². The molecule has 0 spiro atoms. The average Bonchev–Trinajstić information content (AvgIpc) is 2.83. The van der Waals surface area contributed by atoms with Gasteiger partial charge in [-0.05, 0) is 61.0 Å². The number of rotatable bonds is 2. The number of aryl methyl sites for hydroxylation is 1. The van der Waals surface area contributed by atoms with E-state index in [4.69, 9.17) is 0 Å². The van der Waals surface area contributed by atoms with E-state index in [1.54, 1.807) is 12.1 Å². The summed E-state index contributed by atoms with van der Waals surface area (Å²) in [7, 11) is 0. The van der Waals surface area contributed by atoms with Crippen LogP contribution in [-0.4, -0.2) is 4.57 Å². The van der Waals surface area contributed by atoms with E-state index in [0.717, 1.165) is 27.1 Å². The molecule has 0 amide bonds. The van der Waals surface area contributed by atoms with Crippen LogP contribution in [0.15, 0.2) is 65.1 Å². The van der Waals surface area contributed by atoms with Crippen molar-refractivity contribution in [2.24, 2.45) is 0 Å². The third-order valence-electron chi connectivity index (χ3n) is 3.30. The zero-order valence-corrected chi connectivity index (χ0v) is 12.6. The van der Waals surface area contributed by atoms with E-state index in [9.17, 15) is 4.39 Å². The highest BCUT2D eigenvalue weighted by Crippen LogP contribution is 2.27. The van der Waals surface area contributed by atoms with Crippen LogP contribution in [0.25, 0.3) is 16.9 Å². The van der Waals surface area contributed by atoms with Gasteiger partial charge in [0.05, 0.1) is 5.69 Å². The maximum Gasteiger partial charge on any atom is 0.123 e. The number of aromatic nitrogens is 1. The molecule has 0 aliphatic heterocycles. The number of nitrogens with zero attached hydrogens (tertiary/aromatic N) is 1. The molecule has 3 rings (SSSR count). The molecule has 0 unspecified atom stereocenters. The number of hydrogen-bond donors (Lipinski definition) is 0. The van der Waals surface area contributed by atoms with E-state index in [1.165, 1.54) is 12.1 Å². The van der Waals surface area contributed by atoms with Gasteiger partial charge < -0.3 is 4.57 Å². The van der Waals surface area contributed by atoms with Gasteiger partial charge in [0.1, 0.15) is 5.82 Å². The predicted octanol–water partition coefficient (Wildman–Crippen LogP) is 5.35. The largest absolute Gasteiger partial charge is 0.314 e. The molecule has 0 aliphatic carbocycles. The SMILES string of the molecule is Cc1ccc(-c2ccc(Br)cc2)n1-c1ccc(F)cc1. The smallest absolute Gasteiger partial charge is 0.123 e. The van der Waals surface area contributed by atoms with Gasteiger partial charge in [0.2, 0.25) is 0 Å². The minimum Gasteiger partial charge on any atom is -0.314 e. The summed E-state index contributed by atoms with van der Waals surface area (Å²) in [6.07, 6.45) is 0. The van der Waals surface area contributed by atoms with E-state index in [1.807, 2.05) is 19.1 Å². The molecule has 0 aliphatic rings. The predicted molar refractivity (Wildman–Crippen MR) is 83.6 cm³/mol. The molecule has 1 aromatic heterocycles. The van der Waals surface area contributed by atoms with Crippen LogP contribution in [0.3, 0.4) is 0 Å². The van der Waals surface area contributed by atoms with Gasteiger partial charge >= 0.3 is 0 Å². The van der Waals surface area contributed by atoms with Crippen molar-refractivity contribution in [1.82, 2.24) is 4.57 Å². The normalized spacial score (nSPS) is 10.8. The first-order valence-electron chi connectivity index (χ1n) is 6.35. The molecule has 1 nitrogen and oxygen atoms in total. The minimum atomic E-state index is -0.219. The fourth-order valence-electron chi connectivity index (χ4n) is 2.32. The lowest BCUT2D eigenvalue weighted by Crippen LogP contribution is -1.98. The Labute approximate surface area is 125 Å². The van der Waals surface area contributed by atoms with Crippen LogP contribution in [0.1, 0.15) is 5.69 Å². The Morgan fingerprint density at radius 3 is 2.15 bits per heavy atom. The second-order valence-corrected chi connectivity index (χ2v) is 5.59. The molecule has 0 fully saturated rings. The molecule has 100 valence electrons. The van der Waals surface area contributed by atoms with Crippen LogP contribution < -0.4 is 0 Å². The van der Waals surface area contributed by atoms with Crippen molar-refractivity contribution in [3.8, 4) is 16.9 Å². The van der Waals surface area contributed by atoms with Gasteiger partial charge in [0.25, 0.3) is 0 Å². The van der Waals surface area contributed by atoms with E-state index in [-0.39, 0.29) is 5.82 Å². The van der Waals surface area contributed by atoms with Crippen molar-refractivity contribution in [3.05, 3.63) is 76.6 Å². The molecular weight excluding hydrogens is 317 g/mol. The summed E-state index contributed by atoms with van der Waals surface area (Å²) in [6.45, 7) is 2.05. The number of halogens is 2. The molecule has 0 N–H and O–H groups in total. The Morgan fingerprint density at radius 2 is 1.50 bits per heavy atom. The third kappa shape index (κ3) is 2.41. The van der Waals surface area contributed by atoms with Crippen molar-refractivity contribution in [1.29, 1.82) is 0 Å². The van der Waals surface area contributed by atoms with Crippen molar-refractivity contribution in [3.63, 3.8) is 0 Å². The van der Waals surface area contributed by atoms with Crippen LogP contribution in [0.5, 0.6) is 0 Å². The van der Waals surface area contributed by atoms with E-state index < -0.39 is 0 Å². The van der Waals surface area contributed by atoms with E-state index in [0.29, 0.717) is 0 Å². The lowest BCUT2D eigenvalue weighted by molar-refractivity contribution is 0.627. The molecule has 3 aromatic rings. The van der Waals surface area contributed by atoms with Crippen LogP contribution in [0.4, 0.5) is 4.39 Å². The highest BCUT2D eigenvalue weighted by molar-refractivity contribution is 9.10. The highest BCUT2D eigenvalue weighted by atomic mass is 79.9. The van der Waals surface area contributed by atoms with Crippen LogP contribution in [0.2, 0.25) is 0 Å². The fraction of sp³-hybridized carbons (Fsp3) is 0.0588. The van der Waals surface area contributed by atoms with Gasteiger partial charge in [0.15, 0.2) is 0 Å². The summed E-state index contributed by atoms with van der Waals surface area (Å²) < 4.78 is 16.3. The first-order chi connectivity index (χ1) is 9.65. The van der Waals surface area contributed by atoms with Crippen molar-refractivity contribution in [2.45, 2.75) is 6.92 Å². The van der Waals surface area contributed by atoms with Crippen molar-refractivity contribution in [2.75, 3.05) is 0 Å². The average molecular weight is 330 g/mol. The van der Waals surface area contributed by atoms with Crippen molar-refractivity contribution < 1.29 is 4.39 Å². The standard InChI is InChI=1S/C17H13BrFN/c1-12-2-11-17(13-3-5-14(18)6-4-13)20(12)16-9-7-15(19)8-10-16/h2-11H,1H3. The fourth-order valence-corrected chi connectivity index (χ4v) is 2.58. The molecule has 0 saturated heterocycles. The first kappa shape index (κ1) is 13.1. The molecule has 3 heteroatoms. The molecule has 20 heavy (non-hydrogen) atoms. The molecule has 0 saturated carbocycles. The minimum absolute atomic E-state index is 0.219. The lowest BCUT2D eigenvalue weighted by atomic mass is 10.1. The van der Waals surface area contributed by atoms with Gasteiger partial charge in [-0.3, -0.25) is 0 Å². The van der Waals surface area contributed by atoms with Crippen LogP contribution >= 0.6 is 15.9 Å². The van der Waals surface area contributed by atoms with Crippen molar-refractivity contribution >= 4 is 15.9 Å². The summed E-state index contributed by atoms with van der Waals surface area (Å²) in [5, 5.41) is 0. The van der Waals surface area contributed by atoms with Gasteiger partial charge in [-0.1, -0.05) is 28.1 Å². The quantitative estimate of drug-likeness (QED) is 0.596. The summed E-state index contributed by atoms with van der Waals surface area (Å²) in [4.78, 5) is 0. The maximum atomic E-state index is 13.1. The lowest BCUT2D eigenvalue weighted by Gasteiger charge is -2.12. The summed E-state index contributed by atoms with van der Waals surface area (Å²) >= 11 is 3.45. The molecule has 0 atom stereocenters. The molecular formula is C17H13BrFN. The summed E-state index contributed by atoms with van der Waals surface area (Å²) in [6, 6.07) is 18.9. The summed E-state index contributed by atoms with van der Waals surface area (Å²) in [5.41, 5.74) is 4.31. The molecule has 2 aromatic carbocycles. The highest BCUT2D eigenvalue weighted by Gasteiger charge is 2.09. The Bertz CT molecular complexity index is 727. The molecule has 1 heterocycles. The zero-order chi connectivity index (χ0) is 14.1. The Balaban J connectivity index is 2.14. The monoisotopic (exact) mass is 329 g/mol. The second kappa shape index (κ2) is 5.25. The Kier molecular flexibility index (Phi) is 3.45. The maximum absolute atomic E-state index is 13.1.